The smallest absolute Gasteiger partial charge is 0.330 e. The minimum atomic E-state index is -1.67. The van der Waals surface area contributed by atoms with E-state index >= 15 is 0 Å². The molecule has 0 saturated carbocycles. The Labute approximate surface area is 96.6 Å². The Morgan fingerprint density at radius 1 is 1.59 bits per heavy atom. The predicted octanol–water partition coefficient (Wildman–Crippen LogP) is -1.15. The molecule has 1 aromatic heterocycles. The van der Waals surface area contributed by atoms with Crippen molar-refractivity contribution in [2.75, 3.05) is 0 Å². The van der Waals surface area contributed by atoms with Crippen LogP contribution in [0.1, 0.15) is 12.5 Å². The standard InChI is InChI=1S/C10H14N2O5/c1-3-7-4-11-10(16)12(8(7)13)5-17-6(2)9(14)15/h3-4,6,9,14-15H,1,5H2,2H3,(H,11,16). The molecule has 17 heavy (non-hydrogen) atoms. The molecule has 0 spiro atoms. The predicted molar refractivity (Wildman–Crippen MR) is 60.2 cm³/mol. The van der Waals surface area contributed by atoms with Crippen LogP contribution in [0.5, 0.6) is 0 Å². The van der Waals surface area contributed by atoms with Crippen LogP contribution in [0.15, 0.2) is 22.4 Å². The Balaban J connectivity index is 2.95. The van der Waals surface area contributed by atoms with Crippen LogP contribution in [-0.4, -0.2) is 32.2 Å². The van der Waals surface area contributed by atoms with Gasteiger partial charge < -0.3 is 19.9 Å². The molecule has 1 rings (SSSR count). The summed E-state index contributed by atoms with van der Waals surface area (Å²) in [5, 5.41) is 17.6. The van der Waals surface area contributed by atoms with Gasteiger partial charge in [-0.2, -0.15) is 0 Å². The number of nitrogens with zero attached hydrogens (tertiary/aromatic N) is 1. The molecule has 7 heteroatoms. The molecule has 1 heterocycles. The van der Waals surface area contributed by atoms with Crippen molar-refractivity contribution < 1.29 is 14.9 Å². The van der Waals surface area contributed by atoms with E-state index < -0.39 is 23.6 Å². The third kappa shape index (κ3) is 3.13. The summed E-state index contributed by atoms with van der Waals surface area (Å²) in [6.45, 7) is 4.47. The van der Waals surface area contributed by atoms with Crippen LogP contribution in [0.4, 0.5) is 0 Å². The van der Waals surface area contributed by atoms with Crippen LogP contribution in [0, 0.1) is 0 Å². The zero-order valence-electron chi connectivity index (χ0n) is 9.29. The maximum Gasteiger partial charge on any atom is 0.330 e. The highest BCUT2D eigenvalue weighted by atomic mass is 16.6. The third-order valence-corrected chi connectivity index (χ3v) is 2.19. The molecule has 0 aliphatic heterocycles. The quantitative estimate of drug-likeness (QED) is 0.566. The molecule has 1 atom stereocenters. The van der Waals surface area contributed by atoms with Gasteiger partial charge in [-0.25, -0.2) is 9.36 Å². The van der Waals surface area contributed by atoms with Gasteiger partial charge in [-0.3, -0.25) is 4.79 Å². The van der Waals surface area contributed by atoms with Crippen molar-refractivity contribution in [3.05, 3.63) is 39.2 Å². The Morgan fingerprint density at radius 3 is 2.76 bits per heavy atom. The van der Waals surface area contributed by atoms with E-state index in [4.69, 9.17) is 14.9 Å². The fourth-order valence-corrected chi connectivity index (χ4v) is 1.07. The molecule has 3 N–H and O–H groups in total. The number of nitrogens with one attached hydrogen (secondary N) is 1. The van der Waals surface area contributed by atoms with Crippen molar-refractivity contribution in [3.63, 3.8) is 0 Å². The van der Waals surface area contributed by atoms with Crippen molar-refractivity contribution in [1.82, 2.24) is 9.55 Å². The Morgan fingerprint density at radius 2 is 2.24 bits per heavy atom. The number of rotatable bonds is 5. The number of H-pyrrole nitrogens is 1. The third-order valence-electron chi connectivity index (χ3n) is 2.19. The van der Waals surface area contributed by atoms with E-state index in [-0.39, 0.29) is 12.3 Å². The zero-order chi connectivity index (χ0) is 13.0. The number of aromatic amines is 1. The van der Waals surface area contributed by atoms with Crippen LogP contribution in [0.25, 0.3) is 6.08 Å². The van der Waals surface area contributed by atoms with E-state index in [0.29, 0.717) is 0 Å². The molecule has 0 radical (unpaired) electrons. The molecule has 94 valence electrons. The number of aliphatic hydroxyl groups excluding tert-OH is 1. The number of aliphatic hydroxyl groups is 2. The molecule has 0 aliphatic rings. The molecule has 0 fully saturated rings. The van der Waals surface area contributed by atoms with Gasteiger partial charge in [-0.05, 0) is 6.92 Å². The molecule has 0 bridgehead atoms. The average Bonchev–Trinajstić information content (AvgIpc) is 2.28. The second-order valence-electron chi connectivity index (χ2n) is 3.40. The van der Waals surface area contributed by atoms with E-state index in [1.165, 1.54) is 19.2 Å². The first-order valence-corrected chi connectivity index (χ1v) is 4.90. The topological polar surface area (TPSA) is 105 Å². The summed E-state index contributed by atoms with van der Waals surface area (Å²) in [5.74, 6) is 0. The summed E-state index contributed by atoms with van der Waals surface area (Å²) in [6.07, 6.45) is -0.0292. The lowest BCUT2D eigenvalue weighted by molar-refractivity contribution is -0.152. The summed E-state index contributed by atoms with van der Waals surface area (Å²) >= 11 is 0. The van der Waals surface area contributed by atoms with Crippen molar-refractivity contribution in [2.45, 2.75) is 26.0 Å². The van der Waals surface area contributed by atoms with E-state index in [9.17, 15) is 9.59 Å². The molecule has 1 aromatic rings. The van der Waals surface area contributed by atoms with Crippen LogP contribution in [0.3, 0.4) is 0 Å². The lowest BCUT2D eigenvalue weighted by Crippen LogP contribution is -2.38. The van der Waals surface area contributed by atoms with Crippen molar-refractivity contribution in [3.8, 4) is 0 Å². The fraction of sp³-hybridized carbons (Fsp3) is 0.400. The van der Waals surface area contributed by atoms with Gasteiger partial charge in [0, 0.05) is 6.20 Å². The molecule has 0 saturated heterocycles. The van der Waals surface area contributed by atoms with E-state index in [2.05, 4.69) is 11.6 Å². The van der Waals surface area contributed by atoms with Crippen LogP contribution >= 0.6 is 0 Å². The summed E-state index contributed by atoms with van der Waals surface area (Å²) in [7, 11) is 0. The molecule has 0 aromatic carbocycles. The highest BCUT2D eigenvalue weighted by Gasteiger charge is 2.12. The number of hydrogen-bond acceptors (Lipinski definition) is 5. The van der Waals surface area contributed by atoms with E-state index in [1.807, 2.05) is 0 Å². The minimum absolute atomic E-state index is 0.227. The van der Waals surface area contributed by atoms with Crippen molar-refractivity contribution in [2.24, 2.45) is 0 Å². The summed E-state index contributed by atoms with van der Waals surface area (Å²) in [4.78, 5) is 25.4. The molecule has 1 unspecified atom stereocenters. The van der Waals surface area contributed by atoms with Gasteiger partial charge in [0.1, 0.15) is 12.8 Å². The molecule has 0 amide bonds. The normalized spacial score (nSPS) is 12.7. The van der Waals surface area contributed by atoms with Crippen LogP contribution in [-0.2, 0) is 11.5 Å². The lowest BCUT2D eigenvalue weighted by Gasteiger charge is -2.15. The number of aromatic nitrogens is 2. The van der Waals surface area contributed by atoms with Gasteiger partial charge in [0.25, 0.3) is 5.56 Å². The minimum Gasteiger partial charge on any atom is -0.366 e. The highest BCUT2D eigenvalue weighted by molar-refractivity contribution is 5.43. The van der Waals surface area contributed by atoms with Gasteiger partial charge in [0.15, 0.2) is 6.29 Å². The highest BCUT2D eigenvalue weighted by Crippen LogP contribution is 1.96. The van der Waals surface area contributed by atoms with E-state index in [1.54, 1.807) is 0 Å². The molecule has 7 nitrogen and oxygen atoms in total. The Hall–Kier alpha value is -1.70. The van der Waals surface area contributed by atoms with Gasteiger partial charge >= 0.3 is 5.69 Å². The van der Waals surface area contributed by atoms with Gasteiger partial charge in [-0.15, -0.1) is 0 Å². The Kier molecular flexibility index (Phi) is 4.38. The molecular weight excluding hydrogens is 228 g/mol. The zero-order valence-corrected chi connectivity index (χ0v) is 9.29. The van der Waals surface area contributed by atoms with Crippen molar-refractivity contribution >= 4 is 6.08 Å². The van der Waals surface area contributed by atoms with Crippen LogP contribution < -0.4 is 11.2 Å². The maximum absolute atomic E-state index is 11.7. The van der Waals surface area contributed by atoms with Gasteiger partial charge in [0.05, 0.1) is 5.56 Å². The second kappa shape index (κ2) is 5.58. The Bertz CT molecular complexity index is 502. The largest absolute Gasteiger partial charge is 0.366 e. The summed E-state index contributed by atoms with van der Waals surface area (Å²) in [5.41, 5.74) is -0.964. The lowest BCUT2D eigenvalue weighted by atomic mass is 10.3. The second-order valence-corrected chi connectivity index (χ2v) is 3.40. The molecule has 0 aliphatic carbocycles. The van der Waals surface area contributed by atoms with Crippen LogP contribution in [0.2, 0.25) is 0 Å². The monoisotopic (exact) mass is 242 g/mol. The first-order valence-electron chi connectivity index (χ1n) is 4.90. The average molecular weight is 242 g/mol. The maximum atomic E-state index is 11.7. The first-order chi connectivity index (χ1) is 7.97. The van der Waals surface area contributed by atoms with E-state index in [0.717, 1.165) is 4.57 Å². The summed E-state index contributed by atoms with van der Waals surface area (Å²) < 4.78 is 5.76. The first kappa shape index (κ1) is 13.4. The van der Waals surface area contributed by atoms with Gasteiger partial charge in [-0.1, -0.05) is 12.7 Å². The number of ether oxygens (including phenoxy) is 1. The fourth-order valence-electron chi connectivity index (χ4n) is 1.07. The SMILES string of the molecule is C=Cc1c[nH]c(=O)n(COC(C)C(O)O)c1=O. The van der Waals surface area contributed by atoms with Crippen molar-refractivity contribution in [1.29, 1.82) is 0 Å². The summed E-state index contributed by atoms with van der Waals surface area (Å²) in [6, 6.07) is 0. The number of hydrogen-bond donors (Lipinski definition) is 3. The van der Waals surface area contributed by atoms with Gasteiger partial charge in [0.2, 0.25) is 0 Å². The molecular formula is C10H14N2O5.